The number of nitrogens with two attached hydrogens (primary N) is 1. The van der Waals surface area contributed by atoms with Crippen LogP contribution < -0.4 is 58.9 Å². The number of hydrogen-bond acceptors (Lipinski definition) is 17. The first kappa shape index (κ1) is 72.8. The Balaban J connectivity index is 3.57. The average Bonchev–Trinajstić information content (AvgIpc) is 3.46. The lowest BCUT2D eigenvalue weighted by atomic mass is 9.98. The summed E-state index contributed by atoms with van der Waals surface area (Å²) in [5, 5.41) is 73.1. The largest absolute Gasteiger partial charge is 0.481 e. The van der Waals surface area contributed by atoms with Crippen molar-refractivity contribution in [2.75, 3.05) is 32.0 Å². The van der Waals surface area contributed by atoms with E-state index in [-0.39, 0.29) is 55.8 Å². The maximum absolute atomic E-state index is 14.3. The highest BCUT2D eigenvalue weighted by atomic mass is 32.2. The van der Waals surface area contributed by atoms with Gasteiger partial charge in [-0.15, -0.1) is 23.5 Å². The zero-order valence-corrected chi connectivity index (χ0v) is 49.7. The van der Waals surface area contributed by atoms with Crippen LogP contribution in [0, 0.1) is 11.3 Å². The topological polar surface area (TPSA) is 459 Å². The second kappa shape index (κ2) is 34.9. The first-order valence-electron chi connectivity index (χ1n) is 26.0. The van der Waals surface area contributed by atoms with Crippen LogP contribution in [-0.2, 0) is 64.0 Å². The van der Waals surface area contributed by atoms with Crippen molar-refractivity contribution in [3.8, 4) is 0 Å². The first-order chi connectivity index (χ1) is 38.0. The molecule has 1 aromatic carbocycles. The first-order valence-corrected chi connectivity index (χ1v) is 28.0. The van der Waals surface area contributed by atoms with Crippen LogP contribution in [-0.4, -0.2) is 198 Å². The molecule has 0 bridgehead atoms. The van der Waals surface area contributed by atoms with E-state index in [1.165, 1.54) is 20.9 Å². The number of carboxylic acid groups (broad SMARTS) is 2. The van der Waals surface area contributed by atoms with Crippen LogP contribution in [0.1, 0.15) is 100 Å². The number of likely N-dealkylation sites (N-methyl/N-ethyl adjacent to an activating group) is 1. The number of guanidine groups is 1. The number of carbonyl (C=O) groups is 12. The summed E-state index contributed by atoms with van der Waals surface area (Å²) < 4.78 is -2.39. The van der Waals surface area contributed by atoms with Gasteiger partial charge in [-0.25, -0.2) is 4.79 Å². The molecule has 31 heteroatoms. The number of hydrogen-bond donors (Lipinski definition) is 16. The van der Waals surface area contributed by atoms with E-state index in [0.29, 0.717) is 5.56 Å². The minimum Gasteiger partial charge on any atom is -0.481 e. The highest BCUT2D eigenvalue weighted by Crippen LogP contribution is 2.30. The van der Waals surface area contributed by atoms with E-state index in [0.717, 1.165) is 42.3 Å². The third kappa shape index (κ3) is 26.1. The number of aliphatic hydroxyl groups is 2. The zero-order chi connectivity index (χ0) is 62.8. The molecule has 0 aliphatic heterocycles. The van der Waals surface area contributed by atoms with Crippen LogP contribution in [0.2, 0.25) is 0 Å². The summed E-state index contributed by atoms with van der Waals surface area (Å²) in [7, 11) is 1.24. The van der Waals surface area contributed by atoms with Crippen molar-refractivity contribution in [2.45, 2.75) is 165 Å². The minimum absolute atomic E-state index is 0.0343. The molecule has 0 saturated carbocycles. The number of carboxylic acids is 2. The Morgan fingerprint density at radius 1 is 0.634 bits per heavy atom. The SMILES string of the molecule is CC(=O)NCSC(C)(C)[C@H](NC(=O)[C@H](CC(C)C)NC(=O)[C@@H](NC(=O)[C@H](CC(=O)O)NC(=O)[C@H](CO)NC(=O)[C@H](CCCNC(=N)N)N(C)C(=O)[C@@H](NC(C)=O)C(C)(C)SCNC(C)=O)[C@@H](C)O)C(=O)N[C@@H](Cc1ccccc1)C(=O)O. The highest BCUT2D eigenvalue weighted by molar-refractivity contribution is 8.00. The van der Waals surface area contributed by atoms with Crippen LogP contribution in [0.3, 0.4) is 0 Å². The summed E-state index contributed by atoms with van der Waals surface area (Å²) >= 11 is 2.14. The predicted molar refractivity (Wildman–Crippen MR) is 304 cm³/mol. The molecule has 460 valence electrons. The summed E-state index contributed by atoms with van der Waals surface area (Å²) in [6.07, 6.45) is -3.26. The van der Waals surface area contributed by atoms with Gasteiger partial charge >= 0.3 is 11.9 Å². The molecular formula is C51H83N13O16S2. The van der Waals surface area contributed by atoms with Crippen molar-refractivity contribution in [3.05, 3.63) is 35.9 Å². The molecule has 1 rings (SSSR count). The van der Waals surface area contributed by atoms with Crippen LogP contribution in [0.5, 0.6) is 0 Å². The molecule has 0 aromatic heterocycles. The van der Waals surface area contributed by atoms with E-state index in [9.17, 15) is 78.0 Å². The van der Waals surface area contributed by atoms with Gasteiger partial charge < -0.3 is 84.2 Å². The lowest BCUT2D eigenvalue weighted by Crippen LogP contribution is -2.64. The van der Waals surface area contributed by atoms with E-state index in [2.05, 4.69) is 53.2 Å². The number of nitrogens with zero attached hydrogens (tertiary/aromatic N) is 1. The highest BCUT2D eigenvalue weighted by Gasteiger charge is 2.43. The summed E-state index contributed by atoms with van der Waals surface area (Å²) in [6, 6.07) is -4.82. The number of nitrogens with one attached hydrogen (secondary N) is 11. The molecule has 0 unspecified atom stereocenters. The fourth-order valence-electron chi connectivity index (χ4n) is 7.77. The van der Waals surface area contributed by atoms with Crippen molar-refractivity contribution >= 4 is 100 Å². The van der Waals surface area contributed by atoms with Gasteiger partial charge in [0.2, 0.25) is 59.1 Å². The van der Waals surface area contributed by atoms with E-state index in [1.807, 2.05) is 0 Å². The monoisotopic (exact) mass is 1200 g/mol. The number of rotatable bonds is 36. The van der Waals surface area contributed by atoms with Crippen molar-refractivity contribution in [2.24, 2.45) is 11.7 Å². The predicted octanol–water partition coefficient (Wildman–Crippen LogP) is -3.08. The van der Waals surface area contributed by atoms with Crippen LogP contribution in [0.25, 0.3) is 0 Å². The number of carbonyl (C=O) groups excluding carboxylic acids is 10. The maximum Gasteiger partial charge on any atom is 0.326 e. The Bertz CT molecular complexity index is 2420. The minimum atomic E-state index is -2.07. The smallest absolute Gasteiger partial charge is 0.326 e. The summed E-state index contributed by atoms with van der Waals surface area (Å²) in [4.78, 5) is 160. The van der Waals surface area contributed by atoms with Gasteiger partial charge in [0.1, 0.15) is 48.3 Å². The Morgan fingerprint density at radius 3 is 1.61 bits per heavy atom. The lowest BCUT2D eigenvalue weighted by Gasteiger charge is -2.38. The Labute approximate surface area is 484 Å². The Morgan fingerprint density at radius 2 is 1.13 bits per heavy atom. The second-order valence-electron chi connectivity index (χ2n) is 20.7. The van der Waals surface area contributed by atoms with Gasteiger partial charge in [-0.2, -0.15) is 0 Å². The van der Waals surface area contributed by atoms with E-state index < -0.39 is 148 Å². The van der Waals surface area contributed by atoms with E-state index >= 15 is 0 Å². The van der Waals surface area contributed by atoms with Gasteiger partial charge in [0.25, 0.3) is 0 Å². The summed E-state index contributed by atoms with van der Waals surface area (Å²) in [5.74, 6) is -12.8. The molecule has 0 fully saturated rings. The van der Waals surface area contributed by atoms with Gasteiger partial charge in [0.05, 0.1) is 30.9 Å². The quantitative estimate of drug-likeness (QED) is 0.0137. The molecular weight excluding hydrogens is 1110 g/mol. The molecule has 1 aromatic rings. The molecule has 0 aliphatic rings. The van der Waals surface area contributed by atoms with Gasteiger partial charge in [-0.05, 0) is 65.4 Å². The lowest BCUT2D eigenvalue weighted by molar-refractivity contribution is -0.144. The molecule has 0 heterocycles. The molecule has 0 aliphatic carbocycles. The van der Waals surface area contributed by atoms with Gasteiger partial charge in [0, 0.05) is 50.3 Å². The maximum atomic E-state index is 14.3. The Kier molecular flexibility index (Phi) is 31.0. The van der Waals surface area contributed by atoms with Crippen LogP contribution in [0.4, 0.5) is 0 Å². The van der Waals surface area contributed by atoms with Crippen molar-refractivity contribution in [3.63, 3.8) is 0 Å². The van der Waals surface area contributed by atoms with Gasteiger partial charge in [-0.1, -0.05) is 44.2 Å². The molecule has 0 radical (unpaired) electrons. The number of benzene rings is 1. The second-order valence-corrected chi connectivity index (χ2v) is 23.9. The normalized spacial score (nSPS) is 14.7. The van der Waals surface area contributed by atoms with E-state index in [1.54, 1.807) is 71.9 Å². The number of aliphatic hydroxyl groups excluding tert-OH is 2. The molecule has 82 heavy (non-hydrogen) atoms. The molecule has 29 nitrogen and oxygen atoms in total. The molecule has 0 spiro atoms. The Hall–Kier alpha value is -7.25. The summed E-state index contributed by atoms with van der Waals surface area (Å²) in [6.45, 7) is 13.4. The molecule has 9 atom stereocenters. The number of thioether (sulfide) groups is 2. The van der Waals surface area contributed by atoms with E-state index in [4.69, 9.17) is 11.1 Å². The van der Waals surface area contributed by atoms with Gasteiger partial charge in [-0.3, -0.25) is 58.1 Å². The number of aliphatic carboxylic acids is 2. The van der Waals surface area contributed by atoms with Gasteiger partial charge in [0.15, 0.2) is 5.96 Å². The van der Waals surface area contributed by atoms with Crippen LogP contribution in [0.15, 0.2) is 30.3 Å². The van der Waals surface area contributed by atoms with Crippen molar-refractivity contribution in [1.82, 2.24) is 58.1 Å². The zero-order valence-electron chi connectivity index (χ0n) is 48.1. The fourth-order valence-corrected chi connectivity index (χ4v) is 9.73. The van der Waals surface area contributed by atoms with Crippen LogP contribution >= 0.6 is 23.5 Å². The third-order valence-corrected chi connectivity index (χ3v) is 14.8. The van der Waals surface area contributed by atoms with Crippen molar-refractivity contribution < 1.29 is 78.0 Å². The van der Waals surface area contributed by atoms with Crippen molar-refractivity contribution in [1.29, 1.82) is 5.41 Å². The molecule has 0 saturated heterocycles. The standard InChI is InChI=1S/C51H83N13O16S2/c1-26(2)20-32(42(73)63-39(50(7,8)81-24-55-28(4)67)46(77)60-34(48(79)80)21-31-16-13-12-14-17-31)59-45(76)38(27(3)66)62-41(72)33(22-37(70)71)58-43(74)35(23-65)61-44(75)36(18-15-19-54-49(52)53)64(11)47(78)40(57-30(6)69)51(9,10)82-25-56-29(5)68/h12-14,16-17,26-27,32-36,38-40,65-66H,15,18-25H2,1-11H3,(H,55,67)(H,56,68)(H,57,69)(H,58,74)(H,59,76)(H,60,77)(H,61,75)(H,62,72)(H,63,73)(H,70,71)(H,79,80)(H4,52,53,54)/t27-,32+,33+,34+,35+,36+,38+,39-,40-/m1/s1. The summed E-state index contributed by atoms with van der Waals surface area (Å²) in [5.41, 5.74) is 5.99. The molecule has 17 N–H and O–H groups in total. The fraction of sp³-hybridized carbons (Fsp3) is 0.627. The third-order valence-electron chi connectivity index (χ3n) is 12.3. The number of amides is 10. The molecule has 10 amide bonds. The average molecular weight is 1200 g/mol.